The second-order valence-corrected chi connectivity index (χ2v) is 9.04. The summed E-state index contributed by atoms with van der Waals surface area (Å²) in [7, 11) is 0. The van der Waals surface area contributed by atoms with Crippen molar-refractivity contribution in [3.8, 4) is 22.3 Å². The molecule has 0 bridgehead atoms. The summed E-state index contributed by atoms with van der Waals surface area (Å²) in [5, 5.41) is 8.37. The van der Waals surface area contributed by atoms with Gasteiger partial charge >= 0.3 is 0 Å². The van der Waals surface area contributed by atoms with Crippen LogP contribution in [0.1, 0.15) is 0 Å². The maximum Gasteiger partial charge on any atom is 0.159 e. The van der Waals surface area contributed by atoms with Crippen LogP contribution >= 0.6 is 0 Å². The largest absolute Gasteiger partial charge is 0.453 e. The van der Waals surface area contributed by atoms with Crippen LogP contribution in [0.5, 0.6) is 0 Å². The zero-order valence-electron chi connectivity index (χ0n) is 19.6. The molecule has 0 spiro atoms. The SMILES string of the molecule is c1ccc(-c2ccccc2Nc2cc3ccccc3c3c2oc2c(-c4ccccc4)cccc23)cc1. The molecule has 7 rings (SSSR count). The fraction of sp³-hybridized carbons (Fsp3) is 0. The molecule has 2 nitrogen and oxygen atoms in total. The monoisotopic (exact) mass is 461 g/mol. The summed E-state index contributed by atoms with van der Waals surface area (Å²) in [4.78, 5) is 0. The van der Waals surface area contributed by atoms with Crippen LogP contribution in [-0.2, 0) is 0 Å². The number of para-hydroxylation sites is 2. The minimum Gasteiger partial charge on any atom is -0.453 e. The lowest BCUT2D eigenvalue weighted by atomic mass is 9.99. The van der Waals surface area contributed by atoms with Gasteiger partial charge in [-0.1, -0.05) is 121 Å². The summed E-state index contributed by atoms with van der Waals surface area (Å²) in [5.41, 5.74) is 8.37. The third-order valence-corrected chi connectivity index (χ3v) is 6.86. The average Bonchev–Trinajstić information content (AvgIpc) is 3.35. The Labute approximate surface area is 209 Å². The molecule has 36 heavy (non-hydrogen) atoms. The zero-order chi connectivity index (χ0) is 23.9. The van der Waals surface area contributed by atoms with E-state index >= 15 is 0 Å². The van der Waals surface area contributed by atoms with Crippen LogP contribution in [0.15, 0.2) is 138 Å². The minimum absolute atomic E-state index is 0.870. The van der Waals surface area contributed by atoms with E-state index in [-0.39, 0.29) is 0 Å². The van der Waals surface area contributed by atoms with Gasteiger partial charge in [-0.25, -0.2) is 0 Å². The number of benzene rings is 6. The second kappa shape index (κ2) is 8.44. The van der Waals surface area contributed by atoms with Gasteiger partial charge < -0.3 is 9.73 Å². The van der Waals surface area contributed by atoms with Gasteiger partial charge in [-0.3, -0.25) is 0 Å². The average molecular weight is 462 g/mol. The van der Waals surface area contributed by atoms with Crippen LogP contribution in [0.2, 0.25) is 0 Å². The molecule has 0 aliphatic heterocycles. The molecule has 1 aromatic heterocycles. The molecule has 0 aliphatic rings. The Balaban J connectivity index is 1.50. The lowest BCUT2D eigenvalue weighted by molar-refractivity contribution is 0.671. The topological polar surface area (TPSA) is 25.2 Å². The number of hydrogen-bond acceptors (Lipinski definition) is 2. The highest BCUT2D eigenvalue weighted by Crippen LogP contribution is 2.43. The van der Waals surface area contributed by atoms with Gasteiger partial charge in [-0.15, -0.1) is 0 Å². The molecule has 1 heterocycles. The quantitative estimate of drug-likeness (QED) is 0.282. The fourth-order valence-corrected chi connectivity index (χ4v) is 5.19. The van der Waals surface area contributed by atoms with Crippen molar-refractivity contribution in [3.05, 3.63) is 133 Å². The van der Waals surface area contributed by atoms with Crippen molar-refractivity contribution in [1.29, 1.82) is 0 Å². The molecule has 170 valence electrons. The van der Waals surface area contributed by atoms with E-state index < -0.39 is 0 Å². The maximum atomic E-state index is 6.73. The third-order valence-electron chi connectivity index (χ3n) is 6.86. The van der Waals surface area contributed by atoms with E-state index in [9.17, 15) is 0 Å². The molecular formula is C34H23NO. The van der Waals surface area contributed by atoms with E-state index in [0.717, 1.165) is 50.0 Å². The van der Waals surface area contributed by atoms with Crippen molar-refractivity contribution in [2.24, 2.45) is 0 Å². The van der Waals surface area contributed by atoms with E-state index in [1.807, 2.05) is 12.1 Å². The summed E-state index contributed by atoms with van der Waals surface area (Å²) in [6.07, 6.45) is 0. The van der Waals surface area contributed by atoms with Gasteiger partial charge in [0.1, 0.15) is 5.58 Å². The Morgan fingerprint density at radius 1 is 0.444 bits per heavy atom. The number of anilines is 2. The van der Waals surface area contributed by atoms with Crippen molar-refractivity contribution in [1.82, 2.24) is 0 Å². The Morgan fingerprint density at radius 3 is 1.86 bits per heavy atom. The molecule has 0 saturated heterocycles. The number of nitrogens with one attached hydrogen (secondary N) is 1. The fourth-order valence-electron chi connectivity index (χ4n) is 5.19. The number of rotatable bonds is 4. The number of furan rings is 1. The molecule has 0 fully saturated rings. The second-order valence-electron chi connectivity index (χ2n) is 9.04. The van der Waals surface area contributed by atoms with Crippen molar-refractivity contribution in [3.63, 3.8) is 0 Å². The Kier molecular flexibility index (Phi) is 4.82. The summed E-state index contributed by atoms with van der Waals surface area (Å²) in [6.45, 7) is 0. The molecule has 0 aliphatic carbocycles. The lowest BCUT2D eigenvalue weighted by Crippen LogP contribution is -1.94. The summed E-state index contributed by atoms with van der Waals surface area (Å²) in [5.74, 6) is 0. The molecule has 0 radical (unpaired) electrons. The smallest absolute Gasteiger partial charge is 0.159 e. The van der Waals surface area contributed by atoms with E-state index in [0.29, 0.717) is 0 Å². The van der Waals surface area contributed by atoms with Gasteiger partial charge in [0.2, 0.25) is 0 Å². The molecule has 6 aromatic carbocycles. The van der Waals surface area contributed by atoms with E-state index in [2.05, 4.69) is 127 Å². The first-order valence-corrected chi connectivity index (χ1v) is 12.2. The molecule has 2 heteroatoms. The van der Waals surface area contributed by atoms with Crippen molar-refractivity contribution in [2.45, 2.75) is 0 Å². The van der Waals surface area contributed by atoms with Gasteiger partial charge in [0, 0.05) is 27.6 Å². The number of fused-ring (bicyclic) bond motifs is 5. The standard InChI is InChI=1S/C34H23NO/c1-3-12-23(13-4-1)26-17-9-10-21-30(26)35-31-22-25-16-7-8-18-27(25)32-29-20-11-19-28(33(29)36-34(31)32)24-14-5-2-6-15-24/h1-22,35H. The third kappa shape index (κ3) is 3.35. The first kappa shape index (κ1) is 20.5. The molecule has 0 amide bonds. The highest BCUT2D eigenvalue weighted by Gasteiger charge is 2.18. The maximum absolute atomic E-state index is 6.73. The first-order chi connectivity index (χ1) is 17.9. The van der Waals surface area contributed by atoms with E-state index in [1.165, 1.54) is 16.3 Å². The van der Waals surface area contributed by atoms with Crippen LogP contribution in [0.3, 0.4) is 0 Å². The highest BCUT2D eigenvalue weighted by atomic mass is 16.3. The molecule has 7 aromatic rings. The van der Waals surface area contributed by atoms with Gasteiger partial charge in [0.15, 0.2) is 5.58 Å². The zero-order valence-corrected chi connectivity index (χ0v) is 19.6. The predicted molar refractivity (Wildman–Crippen MR) is 152 cm³/mol. The summed E-state index contributed by atoms with van der Waals surface area (Å²) < 4.78 is 6.73. The molecule has 0 atom stereocenters. The molecule has 0 saturated carbocycles. The van der Waals surface area contributed by atoms with E-state index in [1.54, 1.807) is 0 Å². The van der Waals surface area contributed by atoms with Crippen LogP contribution in [0.4, 0.5) is 11.4 Å². The van der Waals surface area contributed by atoms with Gasteiger partial charge in [-0.05, 0) is 34.0 Å². The Morgan fingerprint density at radius 2 is 1.06 bits per heavy atom. The van der Waals surface area contributed by atoms with Crippen LogP contribution in [0.25, 0.3) is 55.0 Å². The van der Waals surface area contributed by atoms with Crippen LogP contribution in [0, 0.1) is 0 Å². The van der Waals surface area contributed by atoms with Gasteiger partial charge in [0.05, 0.1) is 5.69 Å². The summed E-state index contributed by atoms with van der Waals surface area (Å²) in [6, 6.07) is 46.5. The summed E-state index contributed by atoms with van der Waals surface area (Å²) >= 11 is 0. The first-order valence-electron chi connectivity index (χ1n) is 12.2. The normalized spacial score (nSPS) is 11.3. The van der Waals surface area contributed by atoms with Gasteiger partial charge in [-0.2, -0.15) is 0 Å². The highest BCUT2D eigenvalue weighted by molar-refractivity contribution is 6.24. The minimum atomic E-state index is 0.870. The van der Waals surface area contributed by atoms with E-state index in [4.69, 9.17) is 4.42 Å². The molecule has 0 unspecified atom stereocenters. The Hall–Kier alpha value is -4.82. The predicted octanol–water partition coefficient (Wildman–Crippen LogP) is 9.82. The lowest BCUT2D eigenvalue weighted by Gasteiger charge is -2.14. The van der Waals surface area contributed by atoms with Crippen LogP contribution < -0.4 is 5.32 Å². The van der Waals surface area contributed by atoms with Gasteiger partial charge in [0.25, 0.3) is 0 Å². The van der Waals surface area contributed by atoms with Crippen molar-refractivity contribution >= 4 is 44.1 Å². The Bertz CT molecular complexity index is 1850. The molecule has 1 N–H and O–H groups in total. The molecular weight excluding hydrogens is 438 g/mol. The van der Waals surface area contributed by atoms with Crippen molar-refractivity contribution < 1.29 is 4.42 Å². The number of hydrogen-bond donors (Lipinski definition) is 1. The van der Waals surface area contributed by atoms with Crippen molar-refractivity contribution in [2.75, 3.05) is 5.32 Å². The van der Waals surface area contributed by atoms with Crippen LogP contribution in [-0.4, -0.2) is 0 Å².